The summed E-state index contributed by atoms with van der Waals surface area (Å²) in [7, 11) is -1.38. The standard InChI is InChI=1S/C26H34N2O9Si/c1-17(29)34-16-21-22(35-18(2)30)23(36-19(3)31)25(37-21)28-15-20(24(32)27-26(28)33)13-11-9-7-8-10-12-14-38(4,5)6/h15,21-23,25H,7-10,16H2,1-6H3,(H,27,32,33)/t21-,22-,23-,25-/m1/s1. The molecule has 2 rings (SSSR count). The van der Waals surface area contributed by atoms with E-state index in [0.717, 1.165) is 37.7 Å². The van der Waals surface area contributed by atoms with Gasteiger partial charge in [0.1, 0.15) is 26.3 Å². The summed E-state index contributed by atoms with van der Waals surface area (Å²) in [5, 5.41) is 0. The average Bonchev–Trinajstić information content (AvgIpc) is 3.10. The summed E-state index contributed by atoms with van der Waals surface area (Å²) in [6, 6.07) is 0. The van der Waals surface area contributed by atoms with Crippen LogP contribution in [0.1, 0.15) is 58.2 Å². The zero-order chi connectivity index (χ0) is 28.5. The van der Waals surface area contributed by atoms with Crippen LogP contribution in [0.3, 0.4) is 0 Å². The van der Waals surface area contributed by atoms with Gasteiger partial charge < -0.3 is 18.9 Å². The molecule has 206 valence electrons. The molecule has 4 atom stereocenters. The Morgan fingerprint density at radius 2 is 1.58 bits per heavy atom. The first-order chi connectivity index (χ1) is 17.8. The molecule has 0 aliphatic carbocycles. The molecule has 0 radical (unpaired) electrons. The maximum Gasteiger partial charge on any atom is 0.330 e. The van der Waals surface area contributed by atoms with E-state index in [9.17, 15) is 24.0 Å². The van der Waals surface area contributed by atoms with Crippen molar-refractivity contribution in [3.63, 3.8) is 0 Å². The Kier molecular flexibility index (Phi) is 11.1. The van der Waals surface area contributed by atoms with Gasteiger partial charge in [-0.15, -0.1) is 11.5 Å². The number of nitrogens with one attached hydrogen (secondary N) is 1. The maximum absolute atomic E-state index is 12.7. The number of unbranched alkanes of at least 4 members (excludes halogenated alkanes) is 3. The Morgan fingerprint density at radius 1 is 0.974 bits per heavy atom. The van der Waals surface area contributed by atoms with Gasteiger partial charge in [-0.05, 0) is 12.8 Å². The molecule has 0 unspecified atom stereocenters. The summed E-state index contributed by atoms with van der Waals surface area (Å²) in [6.45, 7) is 9.71. The monoisotopic (exact) mass is 546 g/mol. The molecule has 0 bridgehead atoms. The van der Waals surface area contributed by atoms with Gasteiger partial charge in [-0.1, -0.05) is 31.5 Å². The third-order valence-electron chi connectivity index (χ3n) is 5.12. The average molecular weight is 547 g/mol. The first-order valence-electron chi connectivity index (χ1n) is 12.3. The van der Waals surface area contributed by atoms with E-state index in [2.05, 4.69) is 47.9 Å². The van der Waals surface area contributed by atoms with Gasteiger partial charge >= 0.3 is 23.6 Å². The lowest BCUT2D eigenvalue weighted by Gasteiger charge is -2.23. The molecule has 0 aromatic carbocycles. The molecular weight excluding hydrogens is 512 g/mol. The fourth-order valence-electron chi connectivity index (χ4n) is 3.59. The summed E-state index contributed by atoms with van der Waals surface area (Å²) in [4.78, 5) is 62.1. The smallest absolute Gasteiger partial charge is 0.330 e. The molecule has 1 fully saturated rings. The van der Waals surface area contributed by atoms with Crippen LogP contribution in [0.4, 0.5) is 0 Å². The highest BCUT2D eigenvalue weighted by molar-refractivity contribution is 6.83. The molecule has 0 saturated carbocycles. The van der Waals surface area contributed by atoms with Crippen LogP contribution >= 0.6 is 0 Å². The molecule has 12 heteroatoms. The second kappa shape index (κ2) is 13.8. The van der Waals surface area contributed by atoms with Gasteiger partial charge in [0.25, 0.3) is 5.56 Å². The molecule has 1 N–H and O–H groups in total. The number of H-pyrrole nitrogens is 1. The molecule has 1 aromatic rings. The van der Waals surface area contributed by atoms with E-state index in [0.29, 0.717) is 6.42 Å². The van der Waals surface area contributed by atoms with Crippen molar-refractivity contribution in [3.05, 3.63) is 32.6 Å². The zero-order valence-electron chi connectivity index (χ0n) is 22.5. The number of hydrogen-bond donors (Lipinski definition) is 1. The van der Waals surface area contributed by atoms with E-state index in [1.54, 1.807) is 0 Å². The molecule has 38 heavy (non-hydrogen) atoms. The molecule has 2 heterocycles. The van der Waals surface area contributed by atoms with Crippen molar-refractivity contribution < 1.29 is 33.3 Å². The van der Waals surface area contributed by atoms with Gasteiger partial charge in [-0.2, -0.15) is 0 Å². The summed E-state index contributed by atoms with van der Waals surface area (Å²) in [5.74, 6) is 6.87. The van der Waals surface area contributed by atoms with E-state index < -0.39 is 61.8 Å². The molecular formula is C26H34N2O9Si. The minimum absolute atomic E-state index is 0.000714. The third kappa shape index (κ3) is 9.69. The SMILES string of the molecule is CC(=O)OC[C@H]1O[C@@H](n2cc(C#CCCCCC#C[Si](C)(C)C)c(=O)[nH]c2=O)[C@H](OC(C)=O)[C@@H]1OC(C)=O. The molecule has 11 nitrogen and oxygen atoms in total. The van der Waals surface area contributed by atoms with Crippen molar-refractivity contribution in [2.24, 2.45) is 0 Å². The Bertz CT molecular complexity index is 1270. The van der Waals surface area contributed by atoms with E-state index >= 15 is 0 Å². The quantitative estimate of drug-likeness (QED) is 0.169. The highest BCUT2D eigenvalue weighted by atomic mass is 28.3. The number of aromatic nitrogens is 2. The number of rotatable bonds is 8. The van der Waals surface area contributed by atoms with Crippen molar-refractivity contribution in [1.82, 2.24) is 9.55 Å². The largest absolute Gasteiger partial charge is 0.463 e. The van der Waals surface area contributed by atoms with Crippen LogP contribution in [0, 0.1) is 23.3 Å². The fraction of sp³-hybridized carbons (Fsp3) is 0.577. The second-order valence-electron chi connectivity index (χ2n) is 9.79. The van der Waals surface area contributed by atoms with Gasteiger partial charge in [-0.3, -0.25) is 28.7 Å². The van der Waals surface area contributed by atoms with Crippen molar-refractivity contribution in [2.45, 2.75) is 90.6 Å². The lowest BCUT2D eigenvalue weighted by Crippen LogP contribution is -2.42. The van der Waals surface area contributed by atoms with Crippen LogP contribution in [0.25, 0.3) is 0 Å². The summed E-state index contributed by atoms with van der Waals surface area (Å²) < 4.78 is 22.5. The van der Waals surface area contributed by atoms with Crippen LogP contribution in [0.15, 0.2) is 15.8 Å². The van der Waals surface area contributed by atoms with E-state index in [4.69, 9.17) is 18.9 Å². The minimum Gasteiger partial charge on any atom is -0.463 e. The molecule has 1 aromatic heterocycles. The van der Waals surface area contributed by atoms with Crippen LogP contribution in [-0.4, -0.2) is 60.5 Å². The van der Waals surface area contributed by atoms with Crippen molar-refractivity contribution in [3.8, 4) is 23.3 Å². The number of hydrogen-bond acceptors (Lipinski definition) is 9. The maximum atomic E-state index is 12.7. The van der Waals surface area contributed by atoms with Gasteiger partial charge in [0, 0.05) is 39.8 Å². The number of ether oxygens (including phenoxy) is 4. The zero-order valence-corrected chi connectivity index (χ0v) is 23.5. The first-order valence-corrected chi connectivity index (χ1v) is 15.8. The van der Waals surface area contributed by atoms with Crippen molar-refractivity contribution in [1.29, 1.82) is 0 Å². The normalized spacial score (nSPS) is 20.4. The highest BCUT2D eigenvalue weighted by Crippen LogP contribution is 2.33. The van der Waals surface area contributed by atoms with Gasteiger partial charge in [-0.25, -0.2) is 4.79 Å². The number of carbonyl (C=O) groups is 3. The van der Waals surface area contributed by atoms with Crippen LogP contribution < -0.4 is 11.2 Å². The first kappa shape index (κ1) is 30.6. The highest BCUT2D eigenvalue weighted by Gasteiger charge is 2.51. The summed E-state index contributed by atoms with van der Waals surface area (Å²) in [6.07, 6.45) is -0.594. The van der Waals surface area contributed by atoms with Gasteiger partial charge in [0.2, 0.25) is 0 Å². The lowest BCUT2D eigenvalue weighted by molar-refractivity contribution is -0.166. The predicted octanol–water partition coefficient (Wildman–Crippen LogP) is 1.65. The number of carbonyl (C=O) groups excluding carboxylic acids is 3. The predicted molar refractivity (Wildman–Crippen MR) is 139 cm³/mol. The van der Waals surface area contributed by atoms with E-state index in [1.165, 1.54) is 13.1 Å². The Balaban J connectivity index is 2.28. The molecule has 1 aliphatic rings. The van der Waals surface area contributed by atoms with E-state index in [-0.39, 0.29) is 12.2 Å². The van der Waals surface area contributed by atoms with Crippen LogP contribution in [-0.2, 0) is 33.3 Å². The van der Waals surface area contributed by atoms with E-state index in [1.807, 2.05) is 0 Å². The Morgan fingerprint density at radius 3 is 2.16 bits per heavy atom. The summed E-state index contributed by atoms with van der Waals surface area (Å²) in [5.41, 5.74) is 1.78. The molecule has 1 saturated heterocycles. The number of aromatic amines is 1. The Labute approximate surface area is 222 Å². The lowest BCUT2D eigenvalue weighted by atomic mass is 10.1. The number of esters is 3. The second-order valence-corrected chi connectivity index (χ2v) is 14.5. The fourth-order valence-corrected chi connectivity index (χ4v) is 4.25. The van der Waals surface area contributed by atoms with Crippen LogP contribution in [0.2, 0.25) is 19.6 Å². The summed E-state index contributed by atoms with van der Waals surface area (Å²) >= 11 is 0. The minimum atomic E-state index is -1.38. The van der Waals surface area contributed by atoms with Crippen molar-refractivity contribution >= 4 is 26.0 Å². The molecule has 0 amide bonds. The van der Waals surface area contributed by atoms with Gasteiger partial charge in [0.05, 0.1) is 0 Å². The molecule has 0 spiro atoms. The van der Waals surface area contributed by atoms with Crippen LogP contribution in [0.5, 0.6) is 0 Å². The third-order valence-corrected chi connectivity index (χ3v) is 6.05. The van der Waals surface area contributed by atoms with Crippen molar-refractivity contribution in [2.75, 3.05) is 6.61 Å². The molecule has 1 aliphatic heterocycles. The topological polar surface area (TPSA) is 143 Å². The number of nitrogens with zero attached hydrogens (tertiary/aromatic N) is 1. The van der Waals surface area contributed by atoms with Gasteiger partial charge in [0.15, 0.2) is 18.4 Å². The Hall–Kier alpha value is -3.61.